The predicted molar refractivity (Wildman–Crippen MR) is 99.0 cm³/mol. The molecule has 1 atom stereocenters. The van der Waals surface area contributed by atoms with Crippen LogP contribution in [0, 0.1) is 5.92 Å². The SMILES string of the molecule is O=C(c1cc(-c2cccs2)n(-c2ccccc2)n1)N1CCC1C1CC1. The third-order valence-electron chi connectivity index (χ3n) is 5.20. The first kappa shape index (κ1) is 14.9. The molecule has 2 aromatic heterocycles. The van der Waals surface area contributed by atoms with E-state index in [-0.39, 0.29) is 5.91 Å². The van der Waals surface area contributed by atoms with Gasteiger partial charge in [0.1, 0.15) is 0 Å². The molecule has 1 aliphatic heterocycles. The first-order chi connectivity index (χ1) is 12.3. The number of thiophene rings is 1. The number of carbonyl (C=O) groups excluding carboxylic acids is 1. The normalized spacial score (nSPS) is 19.7. The Kier molecular flexibility index (Phi) is 3.48. The van der Waals surface area contributed by atoms with Gasteiger partial charge >= 0.3 is 0 Å². The van der Waals surface area contributed by atoms with E-state index in [0.29, 0.717) is 11.7 Å². The van der Waals surface area contributed by atoms with Crippen LogP contribution in [0.1, 0.15) is 29.8 Å². The van der Waals surface area contributed by atoms with Gasteiger partial charge in [-0.2, -0.15) is 5.10 Å². The molecule has 25 heavy (non-hydrogen) atoms. The van der Waals surface area contributed by atoms with Crippen LogP contribution in [-0.2, 0) is 0 Å². The number of hydrogen-bond acceptors (Lipinski definition) is 3. The van der Waals surface area contributed by atoms with Gasteiger partial charge in [0.05, 0.1) is 16.3 Å². The second-order valence-corrected chi connectivity index (χ2v) is 7.78. The lowest BCUT2D eigenvalue weighted by atomic mass is 9.97. The molecular weight excluding hydrogens is 330 g/mol. The molecule has 1 saturated heterocycles. The highest BCUT2D eigenvalue weighted by atomic mass is 32.1. The minimum atomic E-state index is 0.0793. The van der Waals surface area contributed by atoms with Crippen molar-refractivity contribution >= 4 is 17.2 Å². The largest absolute Gasteiger partial charge is 0.334 e. The maximum absolute atomic E-state index is 13.0. The van der Waals surface area contributed by atoms with Crippen LogP contribution in [0.5, 0.6) is 0 Å². The van der Waals surface area contributed by atoms with E-state index in [2.05, 4.69) is 16.5 Å². The smallest absolute Gasteiger partial charge is 0.274 e. The molecular formula is C20H19N3OS. The van der Waals surface area contributed by atoms with Gasteiger partial charge in [-0.05, 0) is 54.8 Å². The molecule has 1 saturated carbocycles. The highest BCUT2D eigenvalue weighted by Gasteiger charge is 2.43. The predicted octanol–water partition coefficient (Wildman–Crippen LogP) is 4.23. The van der Waals surface area contributed by atoms with Crippen LogP contribution in [0.3, 0.4) is 0 Å². The van der Waals surface area contributed by atoms with Gasteiger partial charge in [-0.25, -0.2) is 4.68 Å². The molecule has 0 spiro atoms. The van der Waals surface area contributed by atoms with Crippen molar-refractivity contribution in [2.24, 2.45) is 5.92 Å². The summed E-state index contributed by atoms with van der Waals surface area (Å²) in [5.41, 5.74) is 2.51. The van der Waals surface area contributed by atoms with Crippen LogP contribution < -0.4 is 0 Å². The van der Waals surface area contributed by atoms with Gasteiger partial charge in [0.25, 0.3) is 5.91 Å². The Labute approximate surface area is 150 Å². The molecule has 2 aliphatic rings. The van der Waals surface area contributed by atoms with Crippen molar-refractivity contribution in [1.82, 2.24) is 14.7 Å². The molecule has 2 fully saturated rings. The molecule has 1 amide bonds. The molecule has 3 heterocycles. The highest BCUT2D eigenvalue weighted by molar-refractivity contribution is 7.13. The van der Waals surface area contributed by atoms with Crippen molar-refractivity contribution in [3.8, 4) is 16.3 Å². The van der Waals surface area contributed by atoms with E-state index in [1.165, 1.54) is 12.8 Å². The van der Waals surface area contributed by atoms with Gasteiger partial charge in [0.2, 0.25) is 0 Å². The summed E-state index contributed by atoms with van der Waals surface area (Å²) < 4.78 is 1.89. The number of nitrogens with zero attached hydrogens (tertiary/aromatic N) is 3. The average molecular weight is 349 g/mol. The summed E-state index contributed by atoms with van der Waals surface area (Å²) >= 11 is 1.67. The zero-order valence-electron chi connectivity index (χ0n) is 13.8. The highest BCUT2D eigenvalue weighted by Crippen LogP contribution is 2.41. The average Bonchev–Trinajstić information content (AvgIpc) is 3.13. The second kappa shape index (κ2) is 5.85. The number of hydrogen-bond donors (Lipinski definition) is 0. The number of rotatable bonds is 4. The molecule has 5 rings (SSSR count). The van der Waals surface area contributed by atoms with Crippen LogP contribution >= 0.6 is 11.3 Å². The summed E-state index contributed by atoms with van der Waals surface area (Å²) in [5.74, 6) is 0.807. The Morgan fingerprint density at radius 2 is 1.92 bits per heavy atom. The Morgan fingerprint density at radius 1 is 1.08 bits per heavy atom. The van der Waals surface area contributed by atoms with Crippen molar-refractivity contribution in [2.45, 2.75) is 25.3 Å². The molecule has 0 N–H and O–H groups in total. The number of benzene rings is 1. The Morgan fingerprint density at radius 3 is 2.56 bits per heavy atom. The van der Waals surface area contributed by atoms with E-state index >= 15 is 0 Å². The molecule has 1 aliphatic carbocycles. The van der Waals surface area contributed by atoms with E-state index in [1.54, 1.807) is 11.3 Å². The molecule has 0 bridgehead atoms. The monoisotopic (exact) mass is 349 g/mol. The minimum Gasteiger partial charge on any atom is -0.334 e. The number of carbonyl (C=O) groups is 1. The fourth-order valence-corrected chi connectivity index (χ4v) is 4.36. The van der Waals surface area contributed by atoms with Crippen molar-refractivity contribution < 1.29 is 4.79 Å². The van der Waals surface area contributed by atoms with Crippen LogP contribution in [-0.4, -0.2) is 33.2 Å². The maximum Gasteiger partial charge on any atom is 0.274 e. The first-order valence-electron chi connectivity index (χ1n) is 8.81. The van der Waals surface area contributed by atoms with Gasteiger partial charge in [-0.3, -0.25) is 4.79 Å². The molecule has 4 nitrogen and oxygen atoms in total. The van der Waals surface area contributed by atoms with E-state index < -0.39 is 0 Å². The van der Waals surface area contributed by atoms with Gasteiger partial charge in [0.15, 0.2) is 5.69 Å². The number of para-hydroxylation sites is 1. The Hall–Kier alpha value is -2.40. The third kappa shape index (κ3) is 2.59. The lowest BCUT2D eigenvalue weighted by Crippen LogP contribution is -2.52. The number of amides is 1. The summed E-state index contributed by atoms with van der Waals surface area (Å²) in [5, 5.41) is 6.74. The van der Waals surface area contributed by atoms with Crippen LogP contribution in [0.2, 0.25) is 0 Å². The summed E-state index contributed by atoms with van der Waals surface area (Å²) in [4.78, 5) is 16.1. The van der Waals surface area contributed by atoms with Gasteiger partial charge in [-0.15, -0.1) is 11.3 Å². The zero-order valence-corrected chi connectivity index (χ0v) is 14.7. The van der Waals surface area contributed by atoms with Crippen molar-refractivity contribution in [1.29, 1.82) is 0 Å². The fraction of sp³-hybridized carbons (Fsp3) is 0.300. The molecule has 126 valence electrons. The lowest BCUT2D eigenvalue weighted by molar-refractivity contribution is 0.0405. The fourth-order valence-electron chi connectivity index (χ4n) is 3.63. The van der Waals surface area contributed by atoms with Crippen molar-refractivity contribution in [3.05, 3.63) is 59.6 Å². The van der Waals surface area contributed by atoms with E-state index in [4.69, 9.17) is 0 Å². The molecule has 1 unspecified atom stereocenters. The topological polar surface area (TPSA) is 38.1 Å². The zero-order chi connectivity index (χ0) is 16.8. The van der Waals surface area contributed by atoms with Crippen molar-refractivity contribution in [3.63, 3.8) is 0 Å². The number of likely N-dealkylation sites (tertiary alicyclic amines) is 1. The lowest BCUT2D eigenvalue weighted by Gasteiger charge is -2.41. The quantitative estimate of drug-likeness (QED) is 0.707. The summed E-state index contributed by atoms with van der Waals surface area (Å²) in [6.07, 6.45) is 3.69. The summed E-state index contributed by atoms with van der Waals surface area (Å²) in [7, 11) is 0. The molecule has 1 aromatic carbocycles. The Bertz CT molecular complexity index is 896. The molecule has 0 radical (unpaired) electrons. The van der Waals surface area contributed by atoms with Crippen LogP contribution in [0.25, 0.3) is 16.3 Å². The Balaban J connectivity index is 1.54. The standard InChI is InChI=1S/C20H19N3OS/c24-20(22-11-10-17(22)14-8-9-14)16-13-18(19-7-4-12-25-19)23(21-16)15-5-2-1-3-6-15/h1-7,12-14,17H,8-11H2. The van der Waals surface area contributed by atoms with Gasteiger partial charge in [-0.1, -0.05) is 24.3 Å². The molecule has 3 aromatic rings. The first-order valence-corrected chi connectivity index (χ1v) is 9.69. The molecule has 5 heteroatoms. The van der Waals surface area contributed by atoms with Gasteiger partial charge in [0, 0.05) is 12.6 Å². The van der Waals surface area contributed by atoms with Crippen LogP contribution in [0.4, 0.5) is 0 Å². The summed E-state index contributed by atoms with van der Waals surface area (Å²) in [6, 6.07) is 16.5. The van der Waals surface area contributed by atoms with Crippen LogP contribution in [0.15, 0.2) is 53.9 Å². The van der Waals surface area contributed by atoms with E-state index in [1.807, 2.05) is 52.0 Å². The second-order valence-electron chi connectivity index (χ2n) is 6.83. The van der Waals surface area contributed by atoms with Crippen molar-refractivity contribution in [2.75, 3.05) is 6.54 Å². The van der Waals surface area contributed by atoms with E-state index in [9.17, 15) is 4.79 Å². The summed E-state index contributed by atoms with van der Waals surface area (Å²) in [6.45, 7) is 0.868. The third-order valence-corrected chi connectivity index (χ3v) is 6.09. The maximum atomic E-state index is 13.0. The minimum absolute atomic E-state index is 0.0793. The number of aromatic nitrogens is 2. The van der Waals surface area contributed by atoms with E-state index in [0.717, 1.165) is 35.1 Å². The van der Waals surface area contributed by atoms with Gasteiger partial charge < -0.3 is 4.90 Å².